The minimum absolute atomic E-state index is 0.0325. The minimum Gasteiger partial charge on any atom is -0.491 e. The zero-order valence-electron chi connectivity index (χ0n) is 13.8. The highest BCUT2D eigenvalue weighted by Gasteiger charge is 2.29. The smallest absolute Gasteiger partial charge is 0.240 e. The van der Waals surface area contributed by atoms with Gasteiger partial charge >= 0.3 is 0 Å². The van der Waals surface area contributed by atoms with E-state index in [1.54, 1.807) is 0 Å². The molecule has 1 saturated heterocycles. The van der Waals surface area contributed by atoms with Crippen LogP contribution in [0, 0.1) is 0 Å². The monoisotopic (exact) mass is 306 g/mol. The van der Waals surface area contributed by atoms with Crippen LogP contribution in [0.25, 0.3) is 0 Å². The molecule has 1 fully saturated rings. The van der Waals surface area contributed by atoms with Crippen LogP contribution in [0.3, 0.4) is 0 Å². The van der Waals surface area contributed by atoms with E-state index in [1.165, 1.54) is 0 Å². The highest BCUT2D eigenvalue weighted by atomic mass is 16.5. The molecule has 1 aromatic carbocycles. The van der Waals surface area contributed by atoms with E-state index < -0.39 is 0 Å². The van der Waals surface area contributed by atoms with Crippen molar-refractivity contribution in [2.24, 2.45) is 0 Å². The lowest BCUT2D eigenvalue weighted by Gasteiger charge is -2.30. The molecule has 0 spiro atoms. The molecule has 2 N–H and O–H groups in total. The fourth-order valence-corrected chi connectivity index (χ4v) is 2.54. The van der Waals surface area contributed by atoms with E-state index >= 15 is 0 Å². The van der Waals surface area contributed by atoms with Gasteiger partial charge in [0.05, 0.1) is 24.9 Å². The van der Waals surface area contributed by atoms with Crippen LogP contribution >= 0.6 is 0 Å². The molecule has 0 aromatic heterocycles. The summed E-state index contributed by atoms with van der Waals surface area (Å²) in [4.78, 5) is 12.4. The van der Waals surface area contributed by atoms with Gasteiger partial charge in [-0.25, -0.2) is 0 Å². The van der Waals surface area contributed by atoms with Gasteiger partial charge in [-0.3, -0.25) is 4.79 Å². The average molecular weight is 306 g/mol. The number of carbonyl (C=O) groups excluding carboxylic acids is 1. The summed E-state index contributed by atoms with van der Waals surface area (Å²) in [6.45, 7) is 9.23. The minimum atomic E-state index is -0.300. The van der Waals surface area contributed by atoms with Gasteiger partial charge in [0.1, 0.15) is 11.8 Å². The lowest BCUT2D eigenvalue weighted by atomic mass is 10.1. The van der Waals surface area contributed by atoms with Crippen LogP contribution in [-0.2, 0) is 9.53 Å². The second-order valence-corrected chi connectivity index (χ2v) is 5.98. The van der Waals surface area contributed by atoms with Gasteiger partial charge in [0.25, 0.3) is 0 Å². The number of nitrogens with one attached hydrogen (secondary N) is 2. The number of amides is 1. The Morgan fingerprint density at radius 3 is 2.86 bits per heavy atom. The Hall–Kier alpha value is -1.59. The molecule has 0 radical (unpaired) electrons. The Morgan fingerprint density at radius 1 is 1.41 bits per heavy atom. The number of hydrogen-bond donors (Lipinski definition) is 2. The molecule has 3 atom stereocenters. The van der Waals surface area contributed by atoms with Gasteiger partial charge in [-0.05, 0) is 45.4 Å². The fourth-order valence-electron chi connectivity index (χ4n) is 2.54. The summed E-state index contributed by atoms with van der Waals surface area (Å²) in [6.07, 6.45) is 0.0149. The molecule has 122 valence electrons. The molecule has 1 unspecified atom stereocenters. The molecule has 0 saturated carbocycles. The summed E-state index contributed by atoms with van der Waals surface area (Å²) >= 11 is 0. The zero-order valence-corrected chi connectivity index (χ0v) is 13.8. The van der Waals surface area contributed by atoms with Crippen molar-refractivity contribution in [2.75, 3.05) is 13.2 Å². The first-order valence-electron chi connectivity index (χ1n) is 7.89. The summed E-state index contributed by atoms with van der Waals surface area (Å²) < 4.78 is 11.2. The normalized spacial score (nSPS) is 23.1. The topological polar surface area (TPSA) is 59.6 Å². The molecule has 1 heterocycles. The second kappa shape index (κ2) is 7.61. The molecule has 5 nitrogen and oxygen atoms in total. The van der Waals surface area contributed by atoms with Gasteiger partial charge in [-0.1, -0.05) is 12.1 Å². The quantitative estimate of drug-likeness (QED) is 0.874. The van der Waals surface area contributed by atoms with Crippen molar-refractivity contribution in [1.29, 1.82) is 0 Å². The third-order valence-corrected chi connectivity index (χ3v) is 3.69. The van der Waals surface area contributed by atoms with E-state index in [0.717, 1.165) is 11.3 Å². The zero-order chi connectivity index (χ0) is 16.1. The van der Waals surface area contributed by atoms with E-state index in [1.807, 2.05) is 52.0 Å². The molecule has 1 aliphatic rings. The summed E-state index contributed by atoms with van der Waals surface area (Å²) in [6, 6.07) is 7.45. The molecule has 5 heteroatoms. The summed E-state index contributed by atoms with van der Waals surface area (Å²) in [5.74, 6) is 0.788. The van der Waals surface area contributed by atoms with Crippen molar-refractivity contribution in [1.82, 2.24) is 10.6 Å². The lowest BCUT2D eigenvalue weighted by Crippen LogP contribution is -2.55. The highest BCUT2D eigenvalue weighted by Crippen LogP contribution is 2.20. The number of benzene rings is 1. The molecule has 22 heavy (non-hydrogen) atoms. The number of morpholine rings is 1. The predicted octanol–water partition coefficient (Wildman–Crippen LogP) is 2.03. The van der Waals surface area contributed by atoms with E-state index in [-0.39, 0.29) is 30.2 Å². The maximum Gasteiger partial charge on any atom is 0.240 e. The lowest BCUT2D eigenvalue weighted by molar-refractivity contribution is -0.129. The van der Waals surface area contributed by atoms with Gasteiger partial charge < -0.3 is 20.1 Å². The van der Waals surface area contributed by atoms with Crippen molar-refractivity contribution in [2.45, 2.75) is 52.0 Å². The molecule has 1 aromatic rings. The van der Waals surface area contributed by atoms with Crippen molar-refractivity contribution in [3.05, 3.63) is 29.8 Å². The molecular weight excluding hydrogens is 280 g/mol. The van der Waals surface area contributed by atoms with Gasteiger partial charge in [-0.15, -0.1) is 0 Å². The summed E-state index contributed by atoms with van der Waals surface area (Å²) in [5, 5.41) is 6.24. The number of ether oxygens (including phenoxy) is 2. The first kappa shape index (κ1) is 16.8. The van der Waals surface area contributed by atoms with E-state index in [0.29, 0.717) is 13.2 Å². The van der Waals surface area contributed by atoms with E-state index in [4.69, 9.17) is 9.47 Å². The van der Waals surface area contributed by atoms with Crippen molar-refractivity contribution in [3.63, 3.8) is 0 Å². The summed E-state index contributed by atoms with van der Waals surface area (Å²) in [7, 11) is 0. The van der Waals surface area contributed by atoms with Gasteiger partial charge in [0, 0.05) is 6.54 Å². The largest absolute Gasteiger partial charge is 0.491 e. The van der Waals surface area contributed by atoms with Crippen LogP contribution in [0.1, 0.15) is 39.3 Å². The molecule has 1 aliphatic heterocycles. The van der Waals surface area contributed by atoms with Crippen LogP contribution in [0.2, 0.25) is 0 Å². The number of carbonyl (C=O) groups is 1. The first-order valence-corrected chi connectivity index (χ1v) is 7.89. The SMILES string of the molecule is CC(C)Oc1cccc(C(C)NC(=O)[C@H]2NCCO[C@@H]2C)c1. The Kier molecular flexibility index (Phi) is 5.80. The van der Waals surface area contributed by atoms with Crippen LogP contribution in [-0.4, -0.2) is 37.3 Å². The van der Waals surface area contributed by atoms with Gasteiger partial charge in [0.2, 0.25) is 5.91 Å². The third-order valence-electron chi connectivity index (χ3n) is 3.69. The van der Waals surface area contributed by atoms with E-state index in [9.17, 15) is 4.79 Å². The number of rotatable bonds is 5. The standard InChI is InChI=1S/C17H26N2O3/c1-11(2)22-15-7-5-6-14(10-15)12(3)19-17(20)16-13(4)21-9-8-18-16/h5-7,10-13,16,18H,8-9H2,1-4H3,(H,19,20)/t12?,13-,16+/m1/s1. The molecule has 0 aliphatic carbocycles. The highest BCUT2D eigenvalue weighted by molar-refractivity contribution is 5.82. The molecular formula is C17H26N2O3. The Bertz CT molecular complexity index is 504. The Morgan fingerprint density at radius 2 is 2.18 bits per heavy atom. The first-order chi connectivity index (χ1) is 10.5. The number of hydrogen-bond acceptors (Lipinski definition) is 4. The van der Waals surface area contributed by atoms with Crippen LogP contribution in [0.15, 0.2) is 24.3 Å². The van der Waals surface area contributed by atoms with E-state index in [2.05, 4.69) is 10.6 Å². The van der Waals surface area contributed by atoms with Crippen LogP contribution in [0.5, 0.6) is 5.75 Å². The average Bonchev–Trinajstić information content (AvgIpc) is 2.47. The summed E-state index contributed by atoms with van der Waals surface area (Å²) in [5.41, 5.74) is 1.02. The Labute approximate surface area is 132 Å². The fraction of sp³-hybridized carbons (Fsp3) is 0.588. The van der Waals surface area contributed by atoms with Crippen molar-refractivity contribution >= 4 is 5.91 Å². The maximum absolute atomic E-state index is 12.4. The maximum atomic E-state index is 12.4. The van der Waals surface area contributed by atoms with Crippen LogP contribution < -0.4 is 15.4 Å². The van der Waals surface area contributed by atoms with Gasteiger partial charge in [0.15, 0.2) is 0 Å². The third kappa shape index (κ3) is 4.45. The second-order valence-electron chi connectivity index (χ2n) is 5.98. The van der Waals surface area contributed by atoms with Crippen LogP contribution in [0.4, 0.5) is 0 Å². The molecule has 1 amide bonds. The van der Waals surface area contributed by atoms with Crippen molar-refractivity contribution in [3.8, 4) is 5.75 Å². The molecule has 0 bridgehead atoms. The van der Waals surface area contributed by atoms with Gasteiger partial charge in [-0.2, -0.15) is 0 Å². The molecule has 2 rings (SSSR count). The van der Waals surface area contributed by atoms with Crippen molar-refractivity contribution < 1.29 is 14.3 Å². The predicted molar refractivity (Wildman–Crippen MR) is 86.0 cm³/mol. The Balaban J connectivity index is 1.99.